The van der Waals surface area contributed by atoms with Crippen molar-refractivity contribution in [3.05, 3.63) is 28.9 Å². The van der Waals surface area contributed by atoms with Gasteiger partial charge in [-0.25, -0.2) is 4.98 Å². The quantitative estimate of drug-likeness (QED) is 0.842. The van der Waals surface area contributed by atoms with Gasteiger partial charge in [-0.05, 0) is 40.5 Å². The van der Waals surface area contributed by atoms with Gasteiger partial charge in [-0.15, -0.1) is 0 Å². The lowest BCUT2D eigenvalue weighted by atomic mass is 9.96. The van der Waals surface area contributed by atoms with Crippen molar-refractivity contribution < 1.29 is 4.79 Å². The van der Waals surface area contributed by atoms with Crippen LogP contribution in [0.15, 0.2) is 23.3 Å². The molecule has 0 aliphatic carbocycles. The van der Waals surface area contributed by atoms with E-state index in [4.69, 9.17) is 0 Å². The lowest BCUT2D eigenvalue weighted by Gasteiger charge is -2.17. The van der Waals surface area contributed by atoms with Crippen molar-refractivity contribution in [2.24, 2.45) is 5.41 Å². The van der Waals surface area contributed by atoms with Gasteiger partial charge in [0.25, 0.3) is 0 Å². The predicted octanol–water partition coefficient (Wildman–Crippen LogP) is 3.86. The number of amides is 1. The summed E-state index contributed by atoms with van der Waals surface area (Å²) in [5.41, 5.74) is 1.45. The number of anilines is 1. The van der Waals surface area contributed by atoms with Crippen molar-refractivity contribution in [1.29, 1.82) is 0 Å². The van der Waals surface area contributed by atoms with Gasteiger partial charge in [0.15, 0.2) is 0 Å². The molecule has 17 heavy (non-hydrogen) atoms. The van der Waals surface area contributed by atoms with Gasteiger partial charge in [-0.3, -0.25) is 4.79 Å². The lowest BCUT2D eigenvalue weighted by Crippen LogP contribution is -2.28. The maximum absolute atomic E-state index is 11.8. The minimum Gasteiger partial charge on any atom is -0.310 e. The molecule has 0 saturated carbocycles. The van der Waals surface area contributed by atoms with Crippen LogP contribution in [0, 0.1) is 5.41 Å². The third-order valence-corrected chi connectivity index (χ3v) is 2.62. The van der Waals surface area contributed by atoms with Gasteiger partial charge >= 0.3 is 0 Å². The summed E-state index contributed by atoms with van der Waals surface area (Å²) < 4.78 is 0.683. The van der Waals surface area contributed by atoms with E-state index in [9.17, 15) is 4.79 Å². The van der Waals surface area contributed by atoms with Gasteiger partial charge in [-0.2, -0.15) is 0 Å². The number of allylic oxidation sites excluding steroid dienone is 1. The van der Waals surface area contributed by atoms with E-state index in [-0.39, 0.29) is 5.91 Å². The van der Waals surface area contributed by atoms with Gasteiger partial charge < -0.3 is 5.32 Å². The monoisotopic (exact) mass is 296 g/mol. The van der Waals surface area contributed by atoms with Crippen molar-refractivity contribution in [3.63, 3.8) is 0 Å². The molecule has 1 rings (SSSR count). The molecule has 0 aliphatic rings. The molecular weight excluding hydrogens is 280 g/mol. The van der Waals surface area contributed by atoms with Crippen molar-refractivity contribution in [3.8, 4) is 0 Å². The average Bonchev–Trinajstić information content (AvgIpc) is 2.14. The first-order chi connectivity index (χ1) is 7.70. The molecule has 1 aromatic heterocycles. The second kappa shape index (κ2) is 5.00. The molecule has 1 amide bonds. The van der Waals surface area contributed by atoms with Crippen LogP contribution in [0.4, 0.5) is 5.82 Å². The molecule has 0 unspecified atom stereocenters. The second-order valence-electron chi connectivity index (χ2n) is 5.05. The summed E-state index contributed by atoms with van der Waals surface area (Å²) >= 11 is 3.32. The Bertz CT molecular complexity index is 461. The minimum atomic E-state index is -0.437. The standard InChI is InChI=1S/C13H17BrN2O/c1-8(2)9-6-10(14)15-11(7-9)16-12(17)13(3,4)5/h6-7H,1H2,2-5H3,(H,15,16,17). The van der Waals surface area contributed by atoms with E-state index in [1.807, 2.05) is 39.8 Å². The molecule has 0 spiro atoms. The Morgan fingerprint density at radius 2 is 2.00 bits per heavy atom. The zero-order valence-corrected chi connectivity index (χ0v) is 12.2. The predicted molar refractivity (Wildman–Crippen MR) is 74.7 cm³/mol. The Balaban J connectivity index is 3.00. The van der Waals surface area contributed by atoms with Gasteiger partial charge in [0.05, 0.1) is 0 Å². The molecule has 1 N–H and O–H groups in total. The fourth-order valence-corrected chi connectivity index (χ4v) is 1.55. The number of hydrogen-bond acceptors (Lipinski definition) is 2. The molecule has 0 saturated heterocycles. The van der Waals surface area contributed by atoms with Crippen LogP contribution in [0.3, 0.4) is 0 Å². The van der Waals surface area contributed by atoms with Crippen molar-refractivity contribution in [2.75, 3.05) is 5.32 Å². The first kappa shape index (κ1) is 13.9. The highest BCUT2D eigenvalue weighted by molar-refractivity contribution is 9.10. The van der Waals surface area contributed by atoms with Crippen LogP contribution in [0.2, 0.25) is 0 Å². The number of nitrogens with one attached hydrogen (secondary N) is 1. The molecule has 3 nitrogen and oxygen atoms in total. The largest absolute Gasteiger partial charge is 0.310 e. The zero-order valence-electron chi connectivity index (χ0n) is 10.6. The maximum atomic E-state index is 11.8. The Labute approximate surface area is 110 Å². The van der Waals surface area contributed by atoms with Gasteiger partial charge in [0.1, 0.15) is 10.4 Å². The van der Waals surface area contributed by atoms with Crippen LogP contribution in [0.25, 0.3) is 5.57 Å². The maximum Gasteiger partial charge on any atom is 0.230 e. The molecular formula is C13H17BrN2O. The first-order valence-corrected chi connectivity index (χ1v) is 6.14. The van der Waals surface area contributed by atoms with E-state index in [0.717, 1.165) is 11.1 Å². The number of pyridine rings is 1. The fraction of sp³-hybridized carbons (Fsp3) is 0.385. The Morgan fingerprint density at radius 3 is 2.47 bits per heavy atom. The van der Waals surface area contributed by atoms with E-state index in [1.165, 1.54) is 0 Å². The number of halogens is 1. The van der Waals surface area contributed by atoms with Crippen molar-refractivity contribution in [2.45, 2.75) is 27.7 Å². The van der Waals surface area contributed by atoms with Crippen molar-refractivity contribution >= 4 is 33.2 Å². The Morgan fingerprint density at radius 1 is 1.41 bits per heavy atom. The highest BCUT2D eigenvalue weighted by Gasteiger charge is 2.21. The number of nitrogens with zero attached hydrogens (tertiary/aromatic N) is 1. The van der Waals surface area contributed by atoms with E-state index >= 15 is 0 Å². The summed E-state index contributed by atoms with van der Waals surface area (Å²) in [6.45, 7) is 11.4. The van der Waals surface area contributed by atoms with Crippen LogP contribution in [0.1, 0.15) is 33.3 Å². The topological polar surface area (TPSA) is 42.0 Å². The lowest BCUT2D eigenvalue weighted by molar-refractivity contribution is -0.123. The Kier molecular flexibility index (Phi) is 4.09. The molecule has 0 fully saturated rings. The van der Waals surface area contributed by atoms with E-state index in [2.05, 4.69) is 32.8 Å². The van der Waals surface area contributed by atoms with Crippen LogP contribution >= 0.6 is 15.9 Å². The number of carbonyl (C=O) groups is 1. The summed E-state index contributed by atoms with van der Waals surface area (Å²) in [5.74, 6) is 0.480. The molecule has 0 radical (unpaired) electrons. The third kappa shape index (κ3) is 3.97. The second-order valence-corrected chi connectivity index (χ2v) is 5.86. The van der Waals surface area contributed by atoms with E-state index in [0.29, 0.717) is 10.4 Å². The molecule has 0 aromatic carbocycles. The summed E-state index contributed by atoms with van der Waals surface area (Å²) in [7, 11) is 0. The fourth-order valence-electron chi connectivity index (χ4n) is 1.11. The van der Waals surface area contributed by atoms with Crippen LogP contribution < -0.4 is 5.32 Å². The molecule has 0 atom stereocenters. The number of hydrogen-bond donors (Lipinski definition) is 1. The summed E-state index contributed by atoms with van der Waals surface area (Å²) in [6, 6.07) is 3.69. The SMILES string of the molecule is C=C(C)c1cc(Br)nc(NC(=O)C(C)(C)C)c1. The average molecular weight is 297 g/mol. The Hall–Kier alpha value is -1.16. The van der Waals surface area contributed by atoms with E-state index in [1.54, 1.807) is 0 Å². The summed E-state index contributed by atoms with van der Waals surface area (Å²) in [4.78, 5) is 16.1. The van der Waals surface area contributed by atoms with Gasteiger partial charge in [0.2, 0.25) is 5.91 Å². The molecule has 4 heteroatoms. The smallest absolute Gasteiger partial charge is 0.230 e. The van der Waals surface area contributed by atoms with Gasteiger partial charge in [-0.1, -0.05) is 32.9 Å². The van der Waals surface area contributed by atoms with Crippen molar-refractivity contribution in [1.82, 2.24) is 4.98 Å². The highest BCUT2D eigenvalue weighted by atomic mass is 79.9. The van der Waals surface area contributed by atoms with Crippen LogP contribution in [-0.2, 0) is 4.79 Å². The first-order valence-electron chi connectivity index (χ1n) is 5.35. The molecule has 92 valence electrons. The highest BCUT2D eigenvalue weighted by Crippen LogP contribution is 2.22. The number of carbonyl (C=O) groups excluding carboxylic acids is 1. The number of rotatable bonds is 2. The third-order valence-electron chi connectivity index (χ3n) is 2.21. The number of aromatic nitrogens is 1. The molecule has 1 heterocycles. The van der Waals surface area contributed by atoms with E-state index < -0.39 is 5.41 Å². The summed E-state index contributed by atoms with van der Waals surface area (Å²) in [6.07, 6.45) is 0. The normalized spacial score (nSPS) is 11.1. The molecule has 1 aromatic rings. The van der Waals surface area contributed by atoms with Gasteiger partial charge in [0, 0.05) is 5.41 Å². The minimum absolute atomic E-state index is 0.0595. The summed E-state index contributed by atoms with van der Waals surface area (Å²) in [5, 5.41) is 2.80. The van der Waals surface area contributed by atoms with Crippen LogP contribution in [0.5, 0.6) is 0 Å². The molecule has 0 aliphatic heterocycles. The molecule has 0 bridgehead atoms. The van der Waals surface area contributed by atoms with Crippen LogP contribution in [-0.4, -0.2) is 10.9 Å². The zero-order chi connectivity index (χ0) is 13.2.